The number of aliphatic hydroxyl groups is 5. The number of aliphatic hydroxyl groups excluding tert-OH is 5. The summed E-state index contributed by atoms with van der Waals surface area (Å²) in [4.78, 5) is 13.0. The predicted molar refractivity (Wildman–Crippen MR) is 221 cm³/mol. The molecule has 0 radical (unpaired) electrons. The maximum atomic E-state index is 13.0. The van der Waals surface area contributed by atoms with E-state index in [2.05, 4.69) is 31.3 Å². The molecule has 320 valence electrons. The van der Waals surface area contributed by atoms with Crippen LogP contribution in [0.3, 0.4) is 0 Å². The van der Waals surface area contributed by atoms with Crippen LogP contribution in [0.2, 0.25) is 0 Å². The zero-order valence-corrected chi connectivity index (χ0v) is 35.0. The van der Waals surface area contributed by atoms with Gasteiger partial charge in [-0.1, -0.05) is 180 Å². The van der Waals surface area contributed by atoms with Gasteiger partial charge in [-0.05, 0) is 38.5 Å². The van der Waals surface area contributed by atoms with Crippen LogP contribution in [-0.2, 0) is 14.3 Å². The SMILES string of the molecule is CCCCCCCC/C=C/CCCC[C@@H](O)[C@H](CO[C@H]1O[C@@H](CO)[C@H](O)C(O)C1O)NC(=O)CCCCCCCCCCCCCCCCCCCCC. The predicted octanol–water partition coefficient (Wildman–Crippen LogP) is 9.34. The first-order valence-electron chi connectivity index (χ1n) is 22.9. The van der Waals surface area contributed by atoms with Gasteiger partial charge in [0.2, 0.25) is 5.91 Å². The maximum Gasteiger partial charge on any atom is 0.220 e. The highest BCUT2D eigenvalue weighted by Gasteiger charge is 2.44. The minimum atomic E-state index is -1.55. The van der Waals surface area contributed by atoms with Gasteiger partial charge in [0.1, 0.15) is 24.4 Å². The molecule has 1 aliphatic rings. The highest BCUT2D eigenvalue weighted by atomic mass is 16.7. The van der Waals surface area contributed by atoms with Crippen molar-refractivity contribution in [2.45, 2.75) is 256 Å². The Hall–Kier alpha value is -1.07. The van der Waals surface area contributed by atoms with Crippen molar-refractivity contribution in [3.63, 3.8) is 0 Å². The van der Waals surface area contributed by atoms with Gasteiger partial charge < -0.3 is 40.3 Å². The number of rotatable bonds is 38. The van der Waals surface area contributed by atoms with Crippen molar-refractivity contribution in [2.24, 2.45) is 0 Å². The highest BCUT2D eigenvalue weighted by molar-refractivity contribution is 5.76. The molecule has 6 N–H and O–H groups in total. The van der Waals surface area contributed by atoms with Gasteiger partial charge in [0.15, 0.2) is 6.29 Å². The Kier molecular flexibility index (Phi) is 34.2. The number of hydrogen-bond acceptors (Lipinski definition) is 8. The van der Waals surface area contributed by atoms with Crippen LogP contribution < -0.4 is 5.32 Å². The monoisotopic (exact) mass is 770 g/mol. The molecule has 1 aliphatic heterocycles. The Morgan fingerprint density at radius 3 is 1.50 bits per heavy atom. The average molecular weight is 770 g/mol. The zero-order valence-electron chi connectivity index (χ0n) is 35.0. The second-order valence-corrected chi connectivity index (χ2v) is 16.2. The Morgan fingerprint density at radius 2 is 1.04 bits per heavy atom. The van der Waals surface area contributed by atoms with Gasteiger partial charge in [-0.25, -0.2) is 0 Å². The summed E-state index contributed by atoms with van der Waals surface area (Å²) in [7, 11) is 0. The lowest BCUT2D eigenvalue weighted by atomic mass is 9.99. The minimum absolute atomic E-state index is 0.146. The Morgan fingerprint density at radius 1 is 0.611 bits per heavy atom. The molecule has 1 heterocycles. The summed E-state index contributed by atoms with van der Waals surface area (Å²) in [6.07, 6.45) is 33.7. The molecule has 1 rings (SSSR count). The van der Waals surface area contributed by atoms with E-state index in [0.29, 0.717) is 12.8 Å². The number of unbranched alkanes of at least 4 members (excludes halogenated alkanes) is 26. The molecule has 0 saturated carbocycles. The fourth-order valence-corrected chi connectivity index (χ4v) is 7.39. The van der Waals surface area contributed by atoms with E-state index in [1.807, 2.05) is 0 Å². The fraction of sp³-hybridized carbons (Fsp3) is 0.933. The molecule has 1 amide bonds. The van der Waals surface area contributed by atoms with Crippen LogP contribution in [0.25, 0.3) is 0 Å². The van der Waals surface area contributed by atoms with E-state index in [1.54, 1.807) is 0 Å². The van der Waals surface area contributed by atoms with Crippen LogP contribution in [0.1, 0.15) is 213 Å². The van der Waals surface area contributed by atoms with Gasteiger partial charge >= 0.3 is 0 Å². The molecule has 0 aromatic carbocycles. The number of carbonyl (C=O) groups excluding carboxylic acids is 1. The molecule has 7 atom stereocenters. The van der Waals surface area contributed by atoms with Gasteiger partial charge in [-0.3, -0.25) is 4.79 Å². The summed E-state index contributed by atoms with van der Waals surface area (Å²) in [5.41, 5.74) is 0. The first kappa shape index (κ1) is 50.9. The van der Waals surface area contributed by atoms with Crippen LogP contribution in [0.5, 0.6) is 0 Å². The third kappa shape index (κ3) is 26.7. The molecule has 0 aromatic heterocycles. The van der Waals surface area contributed by atoms with E-state index in [9.17, 15) is 30.3 Å². The van der Waals surface area contributed by atoms with Crippen LogP contribution in [0.4, 0.5) is 0 Å². The maximum absolute atomic E-state index is 13.0. The van der Waals surface area contributed by atoms with Crippen molar-refractivity contribution < 1.29 is 39.8 Å². The number of ether oxygens (including phenoxy) is 2. The van der Waals surface area contributed by atoms with Crippen LogP contribution >= 0.6 is 0 Å². The number of carbonyl (C=O) groups is 1. The molecule has 0 bridgehead atoms. The quantitative estimate of drug-likeness (QED) is 0.0269. The van der Waals surface area contributed by atoms with E-state index in [4.69, 9.17) is 9.47 Å². The van der Waals surface area contributed by atoms with Crippen molar-refractivity contribution in [2.75, 3.05) is 13.2 Å². The van der Waals surface area contributed by atoms with Gasteiger partial charge in [0.25, 0.3) is 0 Å². The normalized spacial score (nSPS) is 21.5. The van der Waals surface area contributed by atoms with E-state index in [1.165, 1.54) is 141 Å². The lowest BCUT2D eigenvalue weighted by Gasteiger charge is -2.40. The van der Waals surface area contributed by atoms with Crippen molar-refractivity contribution >= 4 is 5.91 Å². The van der Waals surface area contributed by atoms with Crippen molar-refractivity contribution in [1.29, 1.82) is 0 Å². The lowest BCUT2D eigenvalue weighted by Crippen LogP contribution is -2.60. The van der Waals surface area contributed by atoms with Crippen LogP contribution in [0, 0.1) is 0 Å². The van der Waals surface area contributed by atoms with E-state index in [0.717, 1.165) is 44.9 Å². The molecule has 9 heteroatoms. The van der Waals surface area contributed by atoms with Gasteiger partial charge in [-0.2, -0.15) is 0 Å². The van der Waals surface area contributed by atoms with Crippen LogP contribution in [0.15, 0.2) is 12.2 Å². The molecule has 54 heavy (non-hydrogen) atoms. The van der Waals surface area contributed by atoms with Crippen LogP contribution in [-0.4, -0.2) is 87.5 Å². The summed E-state index contributed by atoms with van der Waals surface area (Å²) in [5, 5.41) is 54.2. The van der Waals surface area contributed by atoms with Crippen molar-refractivity contribution in [3.8, 4) is 0 Å². The summed E-state index contributed by atoms with van der Waals surface area (Å²) < 4.78 is 11.2. The minimum Gasteiger partial charge on any atom is -0.394 e. The first-order valence-corrected chi connectivity index (χ1v) is 22.9. The van der Waals surface area contributed by atoms with Gasteiger partial charge in [-0.15, -0.1) is 0 Å². The highest BCUT2D eigenvalue weighted by Crippen LogP contribution is 2.23. The van der Waals surface area contributed by atoms with Gasteiger partial charge in [0, 0.05) is 6.42 Å². The molecule has 9 nitrogen and oxygen atoms in total. The second-order valence-electron chi connectivity index (χ2n) is 16.2. The summed E-state index contributed by atoms with van der Waals surface area (Å²) >= 11 is 0. The summed E-state index contributed by atoms with van der Waals surface area (Å²) in [6.45, 7) is 3.81. The number of hydrogen-bond donors (Lipinski definition) is 6. The Labute approximate surface area is 331 Å². The van der Waals surface area contributed by atoms with Crippen molar-refractivity contribution in [1.82, 2.24) is 5.32 Å². The number of allylic oxidation sites excluding steroid dienone is 2. The Bertz CT molecular complexity index is 858. The van der Waals surface area contributed by atoms with Gasteiger partial charge in [0.05, 0.1) is 25.4 Å². The molecule has 2 unspecified atom stereocenters. The van der Waals surface area contributed by atoms with E-state index < -0.39 is 49.5 Å². The number of amides is 1. The standard InChI is InChI=1S/C45H87NO8/c1-3-5-7-9-11-13-15-17-18-19-20-21-22-23-25-27-29-31-33-35-41(49)46-38(37-53-45-44(52)43(51)42(50)40(36-47)54-45)39(48)34-32-30-28-26-24-16-14-12-10-8-6-4-2/h24,26,38-40,42-45,47-48,50-52H,3-23,25,27-37H2,1-2H3,(H,46,49)/b26-24+/t38-,39+,40-,42-,43?,44?,45-/m0/s1. The average Bonchev–Trinajstić information content (AvgIpc) is 3.17. The van der Waals surface area contributed by atoms with E-state index in [-0.39, 0.29) is 12.5 Å². The molecule has 0 spiro atoms. The molecular formula is C45H87NO8. The molecule has 0 aliphatic carbocycles. The van der Waals surface area contributed by atoms with Crippen molar-refractivity contribution in [3.05, 3.63) is 12.2 Å². The first-order chi connectivity index (χ1) is 26.3. The summed E-state index contributed by atoms with van der Waals surface area (Å²) in [6, 6.07) is -0.728. The third-order valence-electron chi connectivity index (χ3n) is 11.1. The topological polar surface area (TPSA) is 149 Å². The molecule has 1 saturated heterocycles. The molecular weight excluding hydrogens is 682 g/mol. The molecule has 1 fully saturated rings. The zero-order chi connectivity index (χ0) is 39.5. The lowest BCUT2D eigenvalue weighted by molar-refractivity contribution is -0.302. The third-order valence-corrected chi connectivity index (χ3v) is 11.1. The second kappa shape index (κ2) is 36.3. The smallest absolute Gasteiger partial charge is 0.220 e. The molecule has 0 aromatic rings. The summed E-state index contributed by atoms with van der Waals surface area (Å²) in [5.74, 6) is -0.152. The fourth-order valence-electron chi connectivity index (χ4n) is 7.39. The number of nitrogens with one attached hydrogen (secondary N) is 1. The Balaban J connectivity index is 2.30. The largest absolute Gasteiger partial charge is 0.394 e. The van der Waals surface area contributed by atoms with E-state index >= 15 is 0 Å².